The van der Waals surface area contributed by atoms with E-state index in [-0.39, 0.29) is 15.4 Å². The SMILES string of the molecule is O=C(Nc1cccc(N2CCCC2)c1)c1nnc(Cl)s1. The predicted octanol–water partition coefficient (Wildman–Crippen LogP) is 3.04. The van der Waals surface area contributed by atoms with Crippen LogP contribution < -0.4 is 10.2 Å². The Hall–Kier alpha value is -1.66. The van der Waals surface area contributed by atoms with Gasteiger partial charge in [-0.1, -0.05) is 17.4 Å². The first kappa shape index (κ1) is 13.3. The molecule has 7 heteroatoms. The number of nitrogens with one attached hydrogen (secondary N) is 1. The van der Waals surface area contributed by atoms with Crippen LogP contribution >= 0.6 is 22.9 Å². The molecule has 104 valence electrons. The standard InChI is InChI=1S/C13H13ClN4OS/c14-13-17-16-12(20-13)11(19)15-9-4-3-5-10(8-9)18-6-1-2-7-18/h3-5,8H,1-2,6-7H2,(H,15,19). The highest BCUT2D eigenvalue weighted by molar-refractivity contribution is 7.17. The summed E-state index contributed by atoms with van der Waals surface area (Å²) in [4.78, 5) is 14.3. The summed E-state index contributed by atoms with van der Waals surface area (Å²) in [5.74, 6) is -0.284. The second-order valence-corrected chi connectivity index (χ2v) is 6.12. The van der Waals surface area contributed by atoms with Gasteiger partial charge in [0, 0.05) is 24.5 Å². The van der Waals surface area contributed by atoms with E-state index in [1.165, 1.54) is 12.8 Å². The second kappa shape index (κ2) is 5.76. The van der Waals surface area contributed by atoms with E-state index in [0.717, 1.165) is 35.8 Å². The van der Waals surface area contributed by atoms with Crippen molar-refractivity contribution in [3.8, 4) is 0 Å². The lowest BCUT2D eigenvalue weighted by molar-refractivity contribution is 0.102. The fourth-order valence-corrected chi connectivity index (χ4v) is 2.96. The Morgan fingerprint density at radius 2 is 2.10 bits per heavy atom. The van der Waals surface area contributed by atoms with E-state index in [1.54, 1.807) is 0 Å². The van der Waals surface area contributed by atoms with Crippen molar-refractivity contribution >= 4 is 40.2 Å². The van der Waals surface area contributed by atoms with E-state index in [0.29, 0.717) is 0 Å². The number of nitrogens with zero attached hydrogens (tertiary/aromatic N) is 3. The van der Waals surface area contributed by atoms with Crippen LogP contribution in [0.25, 0.3) is 0 Å². The van der Waals surface area contributed by atoms with Crippen LogP contribution in [-0.4, -0.2) is 29.2 Å². The molecule has 2 heterocycles. The smallest absolute Gasteiger partial charge is 0.286 e. The van der Waals surface area contributed by atoms with Crippen molar-refractivity contribution in [2.24, 2.45) is 0 Å². The zero-order chi connectivity index (χ0) is 13.9. The fourth-order valence-electron chi connectivity index (χ4n) is 2.24. The van der Waals surface area contributed by atoms with Crippen LogP contribution in [0.1, 0.15) is 22.6 Å². The van der Waals surface area contributed by atoms with E-state index in [2.05, 4.69) is 26.5 Å². The molecular formula is C13H13ClN4OS. The van der Waals surface area contributed by atoms with Crippen molar-refractivity contribution in [1.29, 1.82) is 0 Å². The third-order valence-electron chi connectivity index (χ3n) is 3.17. The van der Waals surface area contributed by atoms with E-state index >= 15 is 0 Å². The molecule has 1 aliphatic heterocycles. The van der Waals surface area contributed by atoms with Gasteiger partial charge in [-0.2, -0.15) is 0 Å². The van der Waals surface area contributed by atoms with Crippen molar-refractivity contribution in [3.63, 3.8) is 0 Å². The lowest BCUT2D eigenvalue weighted by Crippen LogP contribution is -2.18. The molecule has 0 bridgehead atoms. The number of benzene rings is 1. The van der Waals surface area contributed by atoms with Crippen LogP contribution in [0.5, 0.6) is 0 Å². The highest BCUT2D eigenvalue weighted by Gasteiger charge is 2.15. The maximum atomic E-state index is 12.0. The Balaban J connectivity index is 1.74. The van der Waals surface area contributed by atoms with E-state index in [9.17, 15) is 4.79 Å². The molecule has 2 aromatic rings. The number of carbonyl (C=O) groups excluding carboxylic acids is 1. The maximum Gasteiger partial charge on any atom is 0.286 e. The highest BCUT2D eigenvalue weighted by Crippen LogP contribution is 2.24. The number of anilines is 2. The highest BCUT2D eigenvalue weighted by atomic mass is 35.5. The Labute approximate surface area is 125 Å². The van der Waals surface area contributed by atoms with Crippen molar-refractivity contribution < 1.29 is 4.79 Å². The summed E-state index contributed by atoms with van der Waals surface area (Å²) in [6.07, 6.45) is 2.44. The Morgan fingerprint density at radius 1 is 1.30 bits per heavy atom. The summed E-state index contributed by atoms with van der Waals surface area (Å²) >= 11 is 6.74. The largest absolute Gasteiger partial charge is 0.371 e. The molecular weight excluding hydrogens is 296 g/mol. The maximum absolute atomic E-state index is 12.0. The Kier molecular flexibility index (Phi) is 3.84. The van der Waals surface area contributed by atoms with Gasteiger partial charge in [-0.25, -0.2) is 0 Å². The molecule has 0 aliphatic carbocycles. The molecule has 1 aromatic carbocycles. The van der Waals surface area contributed by atoms with Gasteiger partial charge in [-0.05, 0) is 42.6 Å². The molecule has 5 nitrogen and oxygen atoms in total. The number of hydrogen-bond acceptors (Lipinski definition) is 5. The number of carbonyl (C=O) groups is 1. The number of rotatable bonds is 3. The average Bonchev–Trinajstić information content (AvgIpc) is 3.10. The van der Waals surface area contributed by atoms with Crippen molar-refractivity contribution in [2.75, 3.05) is 23.3 Å². The van der Waals surface area contributed by atoms with Gasteiger partial charge in [0.1, 0.15) is 0 Å². The monoisotopic (exact) mass is 308 g/mol. The van der Waals surface area contributed by atoms with Gasteiger partial charge in [0.25, 0.3) is 5.91 Å². The molecule has 20 heavy (non-hydrogen) atoms. The first-order valence-electron chi connectivity index (χ1n) is 6.38. The molecule has 0 atom stereocenters. The van der Waals surface area contributed by atoms with Gasteiger partial charge < -0.3 is 10.2 Å². The molecule has 1 amide bonds. The Morgan fingerprint density at radius 3 is 2.80 bits per heavy atom. The minimum atomic E-state index is -0.284. The minimum Gasteiger partial charge on any atom is -0.371 e. The predicted molar refractivity (Wildman–Crippen MR) is 80.8 cm³/mol. The fraction of sp³-hybridized carbons (Fsp3) is 0.308. The third-order valence-corrected chi connectivity index (χ3v) is 4.19. The Bertz CT molecular complexity index is 624. The van der Waals surface area contributed by atoms with Crippen LogP contribution in [0, 0.1) is 0 Å². The minimum absolute atomic E-state index is 0.265. The van der Waals surface area contributed by atoms with Gasteiger partial charge in [-0.15, -0.1) is 10.2 Å². The van der Waals surface area contributed by atoms with Crippen LogP contribution in [0.15, 0.2) is 24.3 Å². The molecule has 0 radical (unpaired) electrons. The number of aromatic nitrogens is 2. The topological polar surface area (TPSA) is 58.1 Å². The molecule has 0 spiro atoms. The lowest BCUT2D eigenvalue weighted by atomic mass is 10.2. The van der Waals surface area contributed by atoms with Crippen molar-refractivity contribution in [3.05, 3.63) is 33.7 Å². The second-order valence-electron chi connectivity index (χ2n) is 4.56. The number of hydrogen-bond donors (Lipinski definition) is 1. The molecule has 1 N–H and O–H groups in total. The molecule has 1 saturated heterocycles. The summed E-state index contributed by atoms with van der Waals surface area (Å²) in [5, 5.41) is 10.4. The van der Waals surface area contributed by atoms with Gasteiger partial charge in [0.05, 0.1) is 0 Å². The van der Waals surface area contributed by atoms with Gasteiger partial charge in [0.15, 0.2) is 0 Å². The van der Waals surface area contributed by atoms with Crippen LogP contribution in [0.2, 0.25) is 4.47 Å². The van der Waals surface area contributed by atoms with Gasteiger partial charge in [0.2, 0.25) is 9.47 Å². The van der Waals surface area contributed by atoms with Crippen molar-refractivity contribution in [1.82, 2.24) is 10.2 Å². The van der Waals surface area contributed by atoms with E-state index in [1.807, 2.05) is 18.2 Å². The molecule has 0 saturated carbocycles. The molecule has 3 rings (SSSR count). The summed E-state index contributed by atoms with van der Waals surface area (Å²) < 4.78 is 0.265. The quantitative estimate of drug-likeness (QED) is 0.947. The van der Waals surface area contributed by atoms with Crippen LogP contribution in [0.4, 0.5) is 11.4 Å². The summed E-state index contributed by atoms with van der Waals surface area (Å²) in [5.41, 5.74) is 1.89. The summed E-state index contributed by atoms with van der Waals surface area (Å²) in [6.45, 7) is 2.15. The number of halogens is 1. The molecule has 1 aliphatic rings. The van der Waals surface area contributed by atoms with Gasteiger partial charge >= 0.3 is 0 Å². The molecule has 1 aromatic heterocycles. The van der Waals surface area contributed by atoms with E-state index < -0.39 is 0 Å². The summed E-state index contributed by atoms with van der Waals surface area (Å²) in [6, 6.07) is 7.84. The van der Waals surface area contributed by atoms with Crippen molar-refractivity contribution in [2.45, 2.75) is 12.8 Å². The first-order valence-corrected chi connectivity index (χ1v) is 7.57. The first-order chi connectivity index (χ1) is 9.72. The summed E-state index contributed by atoms with van der Waals surface area (Å²) in [7, 11) is 0. The van der Waals surface area contributed by atoms with Crippen LogP contribution in [-0.2, 0) is 0 Å². The molecule has 0 unspecified atom stereocenters. The zero-order valence-electron chi connectivity index (χ0n) is 10.7. The zero-order valence-corrected chi connectivity index (χ0v) is 12.2. The van der Waals surface area contributed by atoms with Crippen LogP contribution in [0.3, 0.4) is 0 Å². The average molecular weight is 309 g/mol. The van der Waals surface area contributed by atoms with Gasteiger partial charge in [-0.3, -0.25) is 4.79 Å². The third kappa shape index (κ3) is 2.91. The van der Waals surface area contributed by atoms with E-state index in [4.69, 9.17) is 11.6 Å². The molecule has 1 fully saturated rings. The lowest BCUT2D eigenvalue weighted by Gasteiger charge is -2.18. The normalized spacial score (nSPS) is 14.6. The number of amides is 1.